The monoisotopic (exact) mass is 491 g/mol. The van der Waals surface area contributed by atoms with E-state index in [1.807, 2.05) is 0 Å². The molecule has 34 heavy (non-hydrogen) atoms. The van der Waals surface area contributed by atoms with Crippen LogP contribution < -0.4 is 5.32 Å². The molecule has 0 saturated carbocycles. The number of rotatable bonds is 4. The van der Waals surface area contributed by atoms with Crippen LogP contribution in [0.4, 0.5) is 13.2 Å². The van der Waals surface area contributed by atoms with E-state index in [1.165, 1.54) is 36.7 Å². The van der Waals surface area contributed by atoms with Crippen LogP contribution in [0.5, 0.6) is 0 Å². The quantitative estimate of drug-likeness (QED) is 0.443. The first-order valence-corrected chi connectivity index (χ1v) is 12.0. The number of amides is 1. The summed E-state index contributed by atoms with van der Waals surface area (Å²) in [5.74, 6) is -2.03. The maximum Gasteiger partial charge on any atom is 0.416 e. The maximum atomic E-state index is 13.1. The van der Waals surface area contributed by atoms with E-state index in [9.17, 15) is 31.2 Å². The Morgan fingerprint density at radius 3 is 2.50 bits per heavy atom. The van der Waals surface area contributed by atoms with Crippen LogP contribution >= 0.6 is 0 Å². The van der Waals surface area contributed by atoms with Crippen LogP contribution in [0.25, 0.3) is 5.69 Å². The van der Waals surface area contributed by atoms with E-state index in [0.29, 0.717) is 5.56 Å². The van der Waals surface area contributed by atoms with Crippen molar-refractivity contribution in [3.05, 3.63) is 76.6 Å². The van der Waals surface area contributed by atoms with Gasteiger partial charge in [0.25, 0.3) is 11.7 Å². The number of hydrogen-bond donors (Lipinski definition) is 1. The minimum Gasteiger partial charge on any atom is -0.342 e. The first-order chi connectivity index (χ1) is 15.9. The number of hydrogen-bond acceptors (Lipinski definition) is 5. The van der Waals surface area contributed by atoms with E-state index in [-0.39, 0.29) is 39.7 Å². The maximum absolute atomic E-state index is 13.1. The summed E-state index contributed by atoms with van der Waals surface area (Å²) >= 11 is 0. The lowest BCUT2D eigenvalue weighted by molar-refractivity contribution is -0.137. The lowest BCUT2D eigenvalue weighted by Crippen LogP contribution is -2.38. The molecular weight excluding hydrogens is 471 g/mol. The fourth-order valence-electron chi connectivity index (χ4n) is 4.11. The molecule has 1 aliphatic heterocycles. The summed E-state index contributed by atoms with van der Waals surface area (Å²) in [5.41, 5.74) is 0.00954. The molecular formula is C23H20F3N3O4S. The number of fused-ring (bicyclic) bond motifs is 1. The summed E-state index contributed by atoms with van der Waals surface area (Å²) in [7, 11) is -3.47. The number of carbonyl (C=O) groups excluding carboxylic acids is 2. The van der Waals surface area contributed by atoms with E-state index in [0.717, 1.165) is 12.1 Å². The van der Waals surface area contributed by atoms with Crippen molar-refractivity contribution in [3.63, 3.8) is 0 Å². The molecule has 0 fully saturated rings. The smallest absolute Gasteiger partial charge is 0.342 e. The van der Waals surface area contributed by atoms with Crippen molar-refractivity contribution in [1.29, 1.82) is 0 Å². The Morgan fingerprint density at radius 1 is 1.09 bits per heavy atom. The van der Waals surface area contributed by atoms with Gasteiger partial charge < -0.3 is 5.32 Å². The van der Waals surface area contributed by atoms with Crippen molar-refractivity contribution < 1.29 is 31.2 Å². The number of ketones is 1. The van der Waals surface area contributed by atoms with Crippen LogP contribution in [0.3, 0.4) is 0 Å². The highest BCUT2D eigenvalue weighted by molar-refractivity contribution is 7.91. The molecule has 4 rings (SSSR count). The van der Waals surface area contributed by atoms with E-state index in [2.05, 4.69) is 10.4 Å². The fourth-order valence-corrected chi connectivity index (χ4v) is 5.74. The minimum atomic E-state index is -4.55. The van der Waals surface area contributed by atoms with Gasteiger partial charge >= 0.3 is 6.18 Å². The van der Waals surface area contributed by atoms with Gasteiger partial charge in [-0.1, -0.05) is 24.3 Å². The molecule has 0 saturated heterocycles. The number of Topliss-reactive ketones (excluding diaryl/α,β-unsaturated/α-hetero) is 1. The SMILES string of the molecule is Cc1nn(-c2cccc(C(F)(F)F)c2)c(C)c1C(=O)C(=O)N[C@@H]1CCS(=O)(=O)c2ccccc21. The second-order valence-corrected chi connectivity index (χ2v) is 10.1. The van der Waals surface area contributed by atoms with Crippen LogP contribution in [-0.2, 0) is 20.8 Å². The van der Waals surface area contributed by atoms with Crippen molar-refractivity contribution >= 4 is 21.5 Å². The second-order valence-electron chi connectivity index (χ2n) is 8.01. The molecule has 0 aliphatic carbocycles. The first kappa shape index (κ1) is 23.7. The third-order valence-corrected chi connectivity index (χ3v) is 7.57. The largest absolute Gasteiger partial charge is 0.416 e. The number of nitrogens with zero attached hydrogens (tertiary/aromatic N) is 2. The molecule has 178 valence electrons. The topological polar surface area (TPSA) is 98.1 Å². The van der Waals surface area contributed by atoms with E-state index >= 15 is 0 Å². The molecule has 0 radical (unpaired) electrons. The summed E-state index contributed by atoms with van der Waals surface area (Å²) in [6.45, 7) is 2.98. The zero-order valence-corrected chi connectivity index (χ0v) is 19.0. The van der Waals surface area contributed by atoms with Crippen molar-refractivity contribution in [2.75, 3.05) is 5.75 Å². The van der Waals surface area contributed by atoms with Crippen LogP contribution in [-0.4, -0.2) is 35.6 Å². The Kier molecular flexibility index (Phi) is 5.84. The van der Waals surface area contributed by atoms with Crippen molar-refractivity contribution in [2.24, 2.45) is 0 Å². The molecule has 2 aromatic carbocycles. The lowest BCUT2D eigenvalue weighted by Gasteiger charge is -2.26. The number of benzene rings is 2. The van der Waals surface area contributed by atoms with Gasteiger partial charge in [-0.3, -0.25) is 9.59 Å². The standard InChI is InChI=1S/C23H20F3N3O4S/c1-13-20(14(2)29(28-13)16-7-5-6-15(12-16)23(24,25)26)21(30)22(31)27-18-10-11-34(32,33)19-9-4-3-8-17(18)19/h3-9,12,18H,10-11H2,1-2H3,(H,27,31)/t18-/m1/s1. The Hall–Kier alpha value is -3.47. The van der Waals surface area contributed by atoms with Gasteiger partial charge in [0, 0.05) is 0 Å². The highest BCUT2D eigenvalue weighted by Crippen LogP contribution is 2.33. The first-order valence-electron chi connectivity index (χ1n) is 10.3. The predicted octanol–water partition coefficient (Wildman–Crippen LogP) is 3.73. The summed E-state index contributed by atoms with van der Waals surface area (Å²) in [6.07, 6.45) is -4.44. The molecule has 0 bridgehead atoms. The lowest BCUT2D eigenvalue weighted by atomic mass is 10.0. The molecule has 1 N–H and O–H groups in total. The number of aromatic nitrogens is 2. The molecule has 0 spiro atoms. The molecule has 7 nitrogen and oxygen atoms in total. The number of halogens is 3. The van der Waals surface area contributed by atoms with Gasteiger partial charge in [-0.25, -0.2) is 13.1 Å². The van der Waals surface area contributed by atoms with E-state index in [1.54, 1.807) is 18.2 Å². The number of sulfone groups is 1. The minimum absolute atomic E-state index is 0.0216. The van der Waals surface area contributed by atoms with Gasteiger partial charge in [0.05, 0.1) is 44.9 Å². The average Bonchev–Trinajstić information content (AvgIpc) is 3.08. The summed E-state index contributed by atoms with van der Waals surface area (Å²) in [4.78, 5) is 25.9. The molecule has 1 amide bonds. The zero-order chi connectivity index (χ0) is 24.8. The van der Waals surface area contributed by atoms with Crippen LogP contribution in [0.2, 0.25) is 0 Å². The van der Waals surface area contributed by atoms with Gasteiger partial charge in [-0.05, 0) is 50.1 Å². The third kappa shape index (κ3) is 4.23. The van der Waals surface area contributed by atoms with Crippen LogP contribution in [0, 0.1) is 13.8 Å². The third-order valence-electron chi connectivity index (χ3n) is 5.75. The summed E-state index contributed by atoms with van der Waals surface area (Å²) in [5, 5.41) is 6.78. The fraction of sp³-hybridized carbons (Fsp3) is 0.261. The Morgan fingerprint density at radius 2 is 1.79 bits per heavy atom. The van der Waals surface area contributed by atoms with Gasteiger partial charge in [-0.15, -0.1) is 0 Å². The predicted molar refractivity (Wildman–Crippen MR) is 116 cm³/mol. The van der Waals surface area contributed by atoms with Gasteiger partial charge in [0.2, 0.25) is 0 Å². The molecule has 2 heterocycles. The zero-order valence-electron chi connectivity index (χ0n) is 18.2. The normalized spacial score (nSPS) is 17.1. The molecule has 1 aromatic heterocycles. The average molecular weight is 491 g/mol. The van der Waals surface area contributed by atoms with Crippen molar-refractivity contribution in [2.45, 2.75) is 37.4 Å². The Bertz CT molecular complexity index is 1410. The highest BCUT2D eigenvalue weighted by atomic mass is 32.2. The molecule has 0 unspecified atom stereocenters. The van der Waals surface area contributed by atoms with Gasteiger partial charge in [0.15, 0.2) is 9.84 Å². The number of carbonyl (C=O) groups is 2. The number of nitrogens with one attached hydrogen (secondary N) is 1. The molecule has 1 atom stereocenters. The van der Waals surface area contributed by atoms with E-state index < -0.39 is 39.3 Å². The van der Waals surface area contributed by atoms with Gasteiger partial charge in [-0.2, -0.15) is 18.3 Å². The second kappa shape index (κ2) is 8.39. The summed E-state index contributed by atoms with van der Waals surface area (Å²) in [6, 6.07) is 10.1. The number of alkyl halides is 3. The van der Waals surface area contributed by atoms with Gasteiger partial charge in [0.1, 0.15) is 0 Å². The van der Waals surface area contributed by atoms with E-state index in [4.69, 9.17) is 0 Å². The molecule has 11 heteroatoms. The van der Waals surface area contributed by atoms with Crippen molar-refractivity contribution in [1.82, 2.24) is 15.1 Å². The Labute approximate surface area is 193 Å². The Balaban J connectivity index is 1.63. The number of aryl methyl sites for hydroxylation is 1. The van der Waals surface area contributed by atoms with Crippen molar-refractivity contribution in [3.8, 4) is 5.69 Å². The highest BCUT2D eigenvalue weighted by Gasteiger charge is 2.34. The van der Waals surface area contributed by atoms with Crippen LogP contribution in [0.15, 0.2) is 53.4 Å². The molecule has 1 aliphatic rings. The summed E-state index contributed by atoms with van der Waals surface area (Å²) < 4.78 is 65.1. The van der Waals surface area contributed by atoms with Crippen LogP contribution in [0.1, 0.15) is 45.3 Å². The molecule has 3 aromatic rings.